The zero-order chi connectivity index (χ0) is 12.8. The van der Waals surface area contributed by atoms with Gasteiger partial charge < -0.3 is 15.7 Å². The van der Waals surface area contributed by atoms with E-state index in [1.807, 2.05) is 0 Å². The summed E-state index contributed by atoms with van der Waals surface area (Å²) >= 11 is 0. The van der Waals surface area contributed by atoms with Crippen LogP contribution in [0.25, 0.3) is 0 Å². The molecule has 0 bridgehead atoms. The maximum atomic E-state index is 11.4. The van der Waals surface area contributed by atoms with E-state index in [4.69, 9.17) is 5.11 Å². The van der Waals surface area contributed by atoms with Gasteiger partial charge in [-0.05, 0) is 5.92 Å². The largest absolute Gasteiger partial charge is 0.480 e. The molecule has 94 valence electrons. The molecule has 9 nitrogen and oxygen atoms in total. The van der Waals surface area contributed by atoms with E-state index in [-0.39, 0.29) is 12.5 Å². The maximum absolute atomic E-state index is 11.4. The number of rotatable bonds is 5. The molecule has 0 fully saturated rings. The first-order valence-electron chi connectivity index (χ1n) is 5.00. The van der Waals surface area contributed by atoms with Gasteiger partial charge in [-0.2, -0.15) is 5.21 Å². The van der Waals surface area contributed by atoms with Crippen LogP contribution >= 0.6 is 0 Å². The van der Waals surface area contributed by atoms with Gasteiger partial charge in [0.25, 0.3) is 0 Å². The van der Waals surface area contributed by atoms with Gasteiger partial charge in [0.2, 0.25) is 0 Å². The van der Waals surface area contributed by atoms with Crippen molar-refractivity contribution in [2.24, 2.45) is 5.92 Å². The number of carboxylic acid groups (broad SMARTS) is 1. The topological polar surface area (TPSA) is 133 Å². The molecule has 0 saturated heterocycles. The lowest BCUT2D eigenvalue weighted by molar-refractivity contribution is -0.140. The van der Waals surface area contributed by atoms with Crippen molar-refractivity contribution >= 4 is 12.0 Å². The molecule has 0 aliphatic carbocycles. The highest BCUT2D eigenvalue weighted by Crippen LogP contribution is 2.01. The number of carbonyl (C=O) groups is 2. The van der Waals surface area contributed by atoms with Crippen molar-refractivity contribution in [3.8, 4) is 0 Å². The number of nitrogens with zero attached hydrogens (tertiary/aromatic N) is 3. The van der Waals surface area contributed by atoms with E-state index in [9.17, 15) is 9.59 Å². The van der Waals surface area contributed by atoms with Gasteiger partial charge in [0, 0.05) is 0 Å². The zero-order valence-electron chi connectivity index (χ0n) is 9.47. The summed E-state index contributed by atoms with van der Waals surface area (Å²) in [6.07, 6.45) is 0. The number of carboxylic acids is 1. The van der Waals surface area contributed by atoms with Crippen LogP contribution in [0.15, 0.2) is 0 Å². The first-order chi connectivity index (χ1) is 8.00. The predicted octanol–water partition coefficient (Wildman–Crippen LogP) is -0.892. The first-order valence-corrected chi connectivity index (χ1v) is 5.00. The Morgan fingerprint density at radius 3 is 2.65 bits per heavy atom. The molecule has 1 aromatic rings. The molecule has 1 rings (SSSR count). The van der Waals surface area contributed by atoms with Crippen LogP contribution < -0.4 is 10.6 Å². The van der Waals surface area contributed by atoms with Crippen LogP contribution in [-0.2, 0) is 11.3 Å². The second-order valence-electron chi connectivity index (χ2n) is 3.71. The average molecular weight is 242 g/mol. The van der Waals surface area contributed by atoms with Crippen molar-refractivity contribution < 1.29 is 14.7 Å². The number of hydrogen-bond acceptors (Lipinski definition) is 5. The number of hydrogen-bond donors (Lipinski definition) is 4. The number of H-pyrrole nitrogens is 1. The minimum Gasteiger partial charge on any atom is -0.480 e. The molecular weight excluding hydrogens is 228 g/mol. The third-order valence-corrected chi connectivity index (χ3v) is 2.02. The van der Waals surface area contributed by atoms with Gasteiger partial charge in [-0.25, -0.2) is 9.59 Å². The van der Waals surface area contributed by atoms with E-state index >= 15 is 0 Å². The second-order valence-corrected chi connectivity index (χ2v) is 3.71. The third-order valence-electron chi connectivity index (χ3n) is 2.02. The van der Waals surface area contributed by atoms with Crippen molar-refractivity contribution in [3.05, 3.63) is 5.82 Å². The zero-order valence-corrected chi connectivity index (χ0v) is 9.47. The van der Waals surface area contributed by atoms with Gasteiger partial charge in [-0.3, -0.25) is 0 Å². The lowest BCUT2D eigenvalue weighted by atomic mass is 10.1. The van der Waals surface area contributed by atoms with Crippen LogP contribution in [0.1, 0.15) is 19.7 Å². The van der Waals surface area contributed by atoms with Crippen molar-refractivity contribution in [1.29, 1.82) is 0 Å². The number of urea groups is 1. The van der Waals surface area contributed by atoms with E-state index in [2.05, 4.69) is 31.3 Å². The first kappa shape index (κ1) is 12.9. The van der Waals surface area contributed by atoms with Gasteiger partial charge in [-0.15, -0.1) is 10.2 Å². The standard InChI is InChI=1S/C8H14N6O3/c1-4(2)6(7(15)16)10-8(17)9-3-5-11-13-14-12-5/h4,6H,3H2,1-2H3,(H,15,16)(H2,9,10,17)(H,11,12,13,14)/t6-/m1/s1. The van der Waals surface area contributed by atoms with E-state index in [0.29, 0.717) is 5.82 Å². The lowest BCUT2D eigenvalue weighted by Gasteiger charge is -2.17. The molecule has 0 saturated carbocycles. The molecule has 2 amide bonds. The number of carbonyl (C=O) groups excluding carboxylic acids is 1. The Balaban J connectivity index is 2.40. The van der Waals surface area contributed by atoms with Gasteiger partial charge >= 0.3 is 12.0 Å². The number of nitrogens with one attached hydrogen (secondary N) is 3. The number of amides is 2. The van der Waals surface area contributed by atoms with Gasteiger partial charge in [0.15, 0.2) is 5.82 Å². The third kappa shape index (κ3) is 4.05. The van der Waals surface area contributed by atoms with Crippen molar-refractivity contribution in [3.63, 3.8) is 0 Å². The van der Waals surface area contributed by atoms with Crippen LogP contribution in [0.2, 0.25) is 0 Å². The summed E-state index contributed by atoms with van der Waals surface area (Å²) in [4.78, 5) is 22.2. The summed E-state index contributed by atoms with van der Waals surface area (Å²) in [5, 5.41) is 26.4. The van der Waals surface area contributed by atoms with Gasteiger partial charge in [-0.1, -0.05) is 19.1 Å². The minimum absolute atomic E-state index is 0.0762. The predicted molar refractivity (Wildman–Crippen MR) is 55.8 cm³/mol. The van der Waals surface area contributed by atoms with Crippen LogP contribution in [0.5, 0.6) is 0 Å². The molecule has 0 radical (unpaired) electrons. The fourth-order valence-corrected chi connectivity index (χ4v) is 1.12. The summed E-state index contributed by atoms with van der Waals surface area (Å²) in [5.41, 5.74) is 0. The maximum Gasteiger partial charge on any atom is 0.326 e. The molecule has 1 heterocycles. The van der Waals surface area contributed by atoms with E-state index < -0.39 is 18.0 Å². The lowest BCUT2D eigenvalue weighted by Crippen LogP contribution is -2.48. The van der Waals surface area contributed by atoms with Crippen LogP contribution in [0, 0.1) is 5.92 Å². The number of tetrazole rings is 1. The van der Waals surface area contributed by atoms with E-state index in [1.165, 1.54) is 0 Å². The summed E-state index contributed by atoms with van der Waals surface area (Å²) < 4.78 is 0. The highest BCUT2D eigenvalue weighted by Gasteiger charge is 2.23. The molecule has 9 heteroatoms. The number of aromatic nitrogens is 4. The highest BCUT2D eigenvalue weighted by atomic mass is 16.4. The Kier molecular flexibility index (Phi) is 4.37. The van der Waals surface area contributed by atoms with Crippen molar-refractivity contribution in [2.75, 3.05) is 0 Å². The quantitative estimate of drug-likeness (QED) is 0.529. The summed E-state index contributed by atoms with van der Waals surface area (Å²) in [7, 11) is 0. The average Bonchev–Trinajstić information content (AvgIpc) is 2.74. The van der Waals surface area contributed by atoms with Crippen LogP contribution in [-0.4, -0.2) is 43.8 Å². The smallest absolute Gasteiger partial charge is 0.326 e. The fourth-order valence-electron chi connectivity index (χ4n) is 1.12. The molecule has 0 aromatic carbocycles. The Morgan fingerprint density at radius 1 is 1.47 bits per heavy atom. The van der Waals surface area contributed by atoms with Crippen LogP contribution in [0.3, 0.4) is 0 Å². The summed E-state index contributed by atoms with van der Waals surface area (Å²) in [5.74, 6) is -0.963. The monoisotopic (exact) mass is 242 g/mol. The summed E-state index contributed by atoms with van der Waals surface area (Å²) in [6, 6.07) is -1.52. The van der Waals surface area contributed by atoms with Crippen molar-refractivity contribution in [2.45, 2.75) is 26.4 Å². The molecule has 0 unspecified atom stereocenters. The molecule has 0 spiro atoms. The van der Waals surface area contributed by atoms with Gasteiger partial charge in [0.05, 0.1) is 6.54 Å². The molecular formula is C8H14N6O3. The molecule has 17 heavy (non-hydrogen) atoms. The SMILES string of the molecule is CC(C)[C@@H](NC(=O)NCc1nn[nH]n1)C(=O)O. The van der Waals surface area contributed by atoms with Crippen molar-refractivity contribution in [1.82, 2.24) is 31.3 Å². The number of aliphatic carboxylic acids is 1. The molecule has 4 N–H and O–H groups in total. The Labute approximate surface area is 97.0 Å². The van der Waals surface area contributed by atoms with E-state index in [0.717, 1.165) is 0 Å². The molecule has 0 aliphatic heterocycles. The van der Waals surface area contributed by atoms with E-state index in [1.54, 1.807) is 13.8 Å². The Hall–Kier alpha value is -2.19. The Morgan fingerprint density at radius 2 is 2.18 bits per heavy atom. The molecule has 1 atom stereocenters. The fraction of sp³-hybridized carbons (Fsp3) is 0.625. The Bertz CT molecular complexity index is 377. The number of aromatic amines is 1. The normalized spacial score (nSPS) is 12.2. The minimum atomic E-state index is -1.07. The molecule has 0 aliphatic rings. The summed E-state index contributed by atoms with van der Waals surface area (Å²) in [6.45, 7) is 3.49. The van der Waals surface area contributed by atoms with Gasteiger partial charge in [0.1, 0.15) is 6.04 Å². The van der Waals surface area contributed by atoms with Crippen LogP contribution in [0.4, 0.5) is 4.79 Å². The highest BCUT2D eigenvalue weighted by molar-refractivity contribution is 5.82. The second kappa shape index (κ2) is 5.77. The molecule has 1 aromatic heterocycles.